The molecule has 1 heterocycles. The van der Waals surface area contributed by atoms with Crippen LogP contribution in [0.1, 0.15) is 42.0 Å². The van der Waals surface area contributed by atoms with E-state index in [-0.39, 0.29) is 0 Å². The monoisotopic (exact) mass is 217 g/mol. The summed E-state index contributed by atoms with van der Waals surface area (Å²) in [7, 11) is 1.81. The van der Waals surface area contributed by atoms with Crippen LogP contribution in [0.3, 0.4) is 0 Å². The molecule has 3 rings (SSSR count). The summed E-state index contributed by atoms with van der Waals surface area (Å²) in [6, 6.07) is 5.09. The van der Waals surface area contributed by atoms with Crippen molar-refractivity contribution in [1.82, 2.24) is 5.32 Å². The van der Waals surface area contributed by atoms with Crippen LogP contribution in [0, 0.1) is 0 Å². The fourth-order valence-corrected chi connectivity index (χ4v) is 3.12. The molecule has 1 atom stereocenters. The number of hydrogen-bond donors (Lipinski definition) is 1. The predicted octanol–water partition coefficient (Wildman–Crippen LogP) is 2.61. The van der Waals surface area contributed by atoms with E-state index < -0.39 is 0 Å². The molecule has 1 saturated heterocycles. The Hall–Kier alpha value is -1.02. The number of nitrogens with one attached hydrogen (secondary N) is 1. The zero-order chi connectivity index (χ0) is 11.0. The third-order valence-electron chi connectivity index (χ3n) is 3.90. The SMILES string of the molecule is COc1c(C2CCCN2)ccc2c1CCC2. The highest BCUT2D eigenvalue weighted by atomic mass is 16.5. The van der Waals surface area contributed by atoms with Gasteiger partial charge in [-0.2, -0.15) is 0 Å². The first kappa shape index (κ1) is 10.2. The third-order valence-corrected chi connectivity index (χ3v) is 3.90. The van der Waals surface area contributed by atoms with Gasteiger partial charge in [0.2, 0.25) is 0 Å². The Labute approximate surface area is 97.0 Å². The maximum absolute atomic E-state index is 5.66. The lowest BCUT2D eigenvalue weighted by molar-refractivity contribution is 0.399. The lowest BCUT2D eigenvalue weighted by atomic mass is 9.98. The van der Waals surface area contributed by atoms with E-state index in [2.05, 4.69) is 17.4 Å². The maximum Gasteiger partial charge on any atom is 0.127 e. The second kappa shape index (κ2) is 4.10. The maximum atomic E-state index is 5.66. The van der Waals surface area contributed by atoms with E-state index in [1.54, 1.807) is 0 Å². The topological polar surface area (TPSA) is 21.3 Å². The lowest BCUT2D eigenvalue weighted by Crippen LogP contribution is -2.14. The third kappa shape index (κ3) is 1.52. The van der Waals surface area contributed by atoms with Crippen molar-refractivity contribution in [2.24, 2.45) is 0 Å². The second-order valence-corrected chi connectivity index (χ2v) is 4.83. The summed E-state index contributed by atoms with van der Waals surface area (Å²) in [6.45, 7) is 1.14. The fraction of sp³-hybridized carbons (Fsp3) is 0.571. The molecule has 86 valence electrons. The molecule has 0 bridgehead atoms. The number of aryl methyl sites for hydroxylation is 1. The van der Waals surface area contributed by atoms with Gasteiger partial charge in [-0.15, -0.1) is 0 Å². The van der Waals surface area contributed by atoms with Crippen LogP contribution in [0.15, 0.2) is 12.1 Å². The van der Waals surface area contributed by atoms with Crippen molar-refractivity contribution in [1.29, 1.82) is 0 Å². The Bertz CT molecular complexity index is 394. The van der Waals surface area contributed by atoms with Crippen LogP contribution in [0.4, 0.5) is 0 Å². The van der Waals surface area contributed by atoms with E-state index in [0.29, 0.717) is 6.04 Å². The van der Waals surface area contributed by atoms with Crippen LogP contribution < -0.4 is 10.1 Å². The second-order valence-electron chi connectivity index (χ2n) is 4.83. The molecule has 2 aliphatic rings. The van der Waals surface area contributed by atoms with Gasteiger partial charge in [0.25, 0.3) is 0 Å². The van der Waals surface area contributed by atoms with Crippen molar-refractivity contribution in [2.45, 2.75) is 38.1 Å². The molecule has 0 spiro atoms. The van der Waals surface area contributed by atoms with Gasteiger partial charge in [0.05, 0.1) is 7.11 Å². The Morgan fingerprint density at radius 3 is 2.94 bits per heavy atom. The molecule has 1 fully saturated rings. The van der Waals surface area contributed by atoms with Crippen molar-refractivity contribution >= 4 is 0 Å². The molecule has 16 heavy (non-hydrogen) atoms. The average molecular weight is 217 g/mol. The summed E-state index contributed by atoms with van der Waals surface area (Å²) in [4.78, 5) is 0. The summed E-state index contributed by atoms with van der Waals surface area (Å²) in [5, 5.41) is 3.56. The highest BCUT2D eigenvalue weighted by molar-refractivity contribution is 5.50. The quantitative estimate of drug-likeness (QED) is 0.822. The van der Waals surface area contributed by atoms with Crippen molar-refractivity contribution in [2.75, 3.05) is 13.7 Å². The standard InChI is InChI=1S/C14H19NO/c1-16-14-11-5-2-4-10(11)7-8-12(14)13-6-3-9-15-13/h7-8,13,15H,2-6,9H2,1H3. The number of fused-ring (bicyclic) bond motifs is 1. The molecule has 1 aromatic carbocycles. The smallest absolute Gasteiger partial charge is 0.127 e. The van der Waals surface area contributed by atoms with Crippen LogP contribution >= 0.6 is 0 Å². The van der Waals surface area contributed by atoms with Crippen molar-refractivity contribution in [3.8, 4) is 5.75 Å². The number of ether oxygens (including phenoxy) is 1. The highest BCUT2D eigenvalue weighted by Gasteiger charge is 2.24. The zero-order valence-corrected chi connectivity index (χ0v) is 9.88. The molecular weight excluding hydrogens is 198 g/mol. The molecule has 1 aromatic rings. The van der Waals surface area contributed by atoms with Gasteiger partial charge in [-0.05, 0) is 49.8 Å². The summed E-state index contributed by atoms with van der Waals surface area (Å²) >= 11 is 0. The van der Waals surface area contributed by atoms with E-state index in [4.69, 9.17) is 4.74 Å². The molecule has 0 aromatic heterocycles. The van der Waals surface area contributed by atoms with E-state index in [9.17, 15) is 0 Å². The van der Waals surface area contributed by atoms with Gasteiger partial charge in [-0.3, -0.25) is 0 Å². The van der Waals surface area contributed by atoms with Gasteiger partial charge < -0.3 is 10.1 Å². The van der Waals surface area contributed by atoms with E-state index in [0.717, 1.165) is 12.3 Å². The Kier molecular flexibility index (Phi) is 2.60. The van der Waals surface area contributed by atoms with Gasteiger partial charge >= 0.3 is 0 Å². The number of rotatable bonds is 2. The largest absolute Gasteiger partial charge is 0.496 e. The molecule has 2 nitrogen and oxygen atoms in total. The van der Waals surface area contributed by atoms with Gasteiger partial charge in [-0.1, -0.05) is 12.1 Å². The summed E-state index contributed by atoms with van der Waals surface area (Å²) in [5.41, 5.74) is 4.34. The van der Waals surface area contributed by atoms with Gasteiger partial charge in [0, 0.05) is 11.6 Å². The molecule has 0 saturated carbocycles. The van der Waals surface area contributed by atoms with E-state index in [1.807, 2.05) is 7.11 Å². The van der Waals surface area contributed by atoms with Crippen LogP contribution in [0.2, 0.25) is 0 Å². The molecular formula is C14H19NO. The molecule has 0 amide bonds. The number of benzene rings is 1. The van der Waals surface area contributed by atoms with Crippen LogP contribution in [0.5, 0.6) is 5.75 Å². The van der Waals surface area contributed by atoms with Gasteiger partial charge in [0.15, 0.2) is 0 Å². The average Bonchev–Trinajstić information content (AvgIpc) is 2.97. The fourth-order valence-electron chi connectivity index (χ4n) is 3.12. The van der Waals surface area contributed by atoms with Gasteiger partial charge in [0.1, 0.15) is 5.75 Å². The minimum Gasteiger partial charge on any atom is -0.496 e. The van der Waals surface area contributed by atoms with Crippen molar-refractivity contribution in [3.63, 3.8) is 0 Å². The Morgan fingerprint density at radius 1 is 1.25 bits per heavy atom. The molecule has 0 radical (unpaired) electrons. The number of methoxy groups -OCH3 is 1. The normalized spacial score (nSPS) is 23.4. The van der Waals surface area contributed by atoms with Crippen molar-refractivity contribution in [3.05, 3.63) is 28.8 Å². The lowest BCUT2D eigenvalue weighted by Gasteiger charge is -2.18. The summed E-state index contributed by atoms with van der Waals surface area (Å²) < 4.78 is 5.66. The summed E-state index contributed by atoms with van der Waals surface area (Å²) in [5.74, 6) is 1.16. The first-order valence-corrected chi connectivity index (χ1v) is 6.32. The Balaban J connectivity index is 2.04. The van der Waals surface area contributed by atoms with Gasteiger partial charge in [-0.25, -0.2) is 0 Å². The van der Waals surface area contributed by atoms with Crippen LogP contribution in [-0.4, -0.2) is 13.7 Å². The molecule has 1 aliphatic carbocycles. The molecule has 1 unspecified atom stereocenters. The highest BCUT2D eigenvalue weighted by Crippen LogP contribution is 2.38. The van der Waals surface area contributed by atoms with Crippen molar-refractivity contribution < 1.29 is 4.74 Å². The molecule has 1 N–H and O–H groups in total. The first-order chi connectivity index (χ1) is 7.90. The van der Waals surface area contributed by atoms with Crippen LogP contribution in [-0.2, 0) is 12.8 Å². The van der Waals surface area contributed by atoms with E-state index >= 15 is 0 Å². The molecule has 1 aliphatic heterocycles. The first-order valence-electron chi connectivity index (χ1n) is 6.32. The summed E-state index contributed by atoms with van der Waals surface area (Å²) in [6.07, 6.45) is 6.23. The zero-order valence-electron chi connectivity index (χ0n) is 9.88. The van der Waals surface area contributed by atoms with E-state index in [1.165, 1.54) is 48.8 Å². The minimum atomic E-state index is 0.515. The Morgan fingerprint density at radius 2 is 2.19 bits per heavy atom. The van der Waals surface area contributed by atoms with Crippen LogP contribution in [0.25, 0.3) is 0 Å². The predicted molar refractivity (Wildman–Crippen MR) is 65.0 cm³/mol. The number of hydrogen-bond acceptors (Lipinski definition) is 2. The molecule has 2 heteroatoms. The minimum absolute atomic E-state index is 0.515.